The van der Waals surface area contributed by atoms with Crippen LogP contribution in [0, 0.1) is 6.92 Å². The Hall–Kier alpha value is -2.29. The van der Waals surface area contributed by atoms with Crippen LogP contribution in [-0.4, -0.2) is 0 Å². The molecular weight excluding hydrogens is 330 g/mol. The molecule has 0 saturated carbocycles. The lowest BCUT2D eigenvalue weighted by Crippen LogP contribution is -2.13. The number of nitrogens with one attached hydrogen (secondary N) is 1. The van der Waals surface area contributed by atoms with Crippen LogP contribution in [0.25, 0.3) is 0 Å². The molecule has 0 spiro atoms. The van der Waals surface area contributed by atoms with Gasteiger partial charge in [-0.2, -0.15) is 0 Å². The van der Waals surface area contributed by atoms with Crippen LogP contribution in [0.1, 0.15) is 22.3 Å². The average molecular weight is 352 g/mol. The van der Waals surface area contributed by atoms with Gasteiger partial charge in [-0.15, -0.1) is 0 Å². The fraction of sp³-hybridized carbons (Fsp3) is 0.182. The highest BCUT2D eigenvalue weighted by Gasteiger charge is 2.01. The van der Waals surface area contributed by atoms with Gasteiger partial charge in [-0.1, -0.05) is 71.8 Å². The van der Waals surface area contributed by atoms with E-state index in [4.69, 9.17) is 16.3 Å². The summed E-state index contributed by atoms with van der Waals surface area (Å²) in [5, 5.41) is 4.22. The zero-order chi connectivity index (χ0) is 17.5. The topological polar surface area (TPSA) is 21.3 Å². The van der Waals surface area contributed by atoms with E-state index in [1.165, 1.54) is 16.7 Å². The smallest absolute Gasteiger partial charge is 0.120 e. The molecule has 0 radical (unpaired) electrons. The molecule has 3 rings (SSSR count). The molecule has 0 saturated heterocycles. The third-order valence-electron chi connectivity index (χ3n) is 3.99. The molecule has 0 unspecified atom stereocenters. The summed E-state index contributed by atoms with van der Waals surface area (Å²) >= 11 is 6.18. The van der Waals surface area contributed by atoms with Crippen molar-refractivity contribution >= 4 is 11.6 Å². The van der Waals surface area contributed by atoms with E-state index >= 15 is 0 Å². The van der Waals surface area contributed by atoms with Gasteiger partial charge in [0, 0.05) is 18.1 Å². The van der Waals surface area contributed by atoms with Gasteiger partial charge in [0.1, 0.15) is 12.4 Å². The molecular formula is C22H22ClNO. The molecule has 3 aromatic rings. The maximum Gasteiger partial charge on any atom is 0.120 e. The summed E-state index contributed by atoms with van der Waals surface area (Å²) in [6.07, 6.45) is 0. The zero-order valence-electron chi connectivity index (χ0n) is 14.3. The molecule has 0 aliphatic rings. The van der Waals surface area contributed by atoms with Gasteiger partial charge >= 0.3 is 0 Å². The van der Waals surface area contributed by atoms with Crippen molar-refractivity contribution < 1.29 is 4.74 Å². The number of ether oxygens (including phenoxy) is 1. The summed E-state index contributed by atoms with van der Waals surface area (Å²) in [5.41, 5.74) is 4.73. The predicted octanol–water partition coefficient (Wildman–Crippen LogP) is 5.52. The van der Waals surface area contributed by atoms with E-state index in [-0.39, 0.29) is 0 Å². The van der Waals surface area contributed by atoms with Crippen molar-refractivity contribution in [2.75, 3.05) is 0 Å². The van der Waals surface area contributed by atoms with Crippen LogP contribution >= 0.6 is 11.6 Å². The molecule has 0 aromatic heterocycles. The van der Waals surface area contributed by atoms with Gasteiger partial charge < -0.3 is 10.1 Å². The summed E-state index contributed by atoms with van der Waals surface area (Å²) in [6.45, 7) is 4.19. The van der Waals surface area contributed by atoms with Crippen molar-refractivity contribution in [2.24, 2.45) is 0 Å². The Kier molecular flexibility index (Phi) is 6.10. The summed E-state index contributed by atoms with van der Waals surface area (Å²) in [4.78, 5) is 0. The summed E-state index contributed by atoms with van der Waals surface area (Å²) in [5.74, 6) is 0.888. The number of halogens is 1. The van der Waals surface area contributed by atoms with Crippen molar-refractivity contribution in [3.63, 3.8) is 0 Å². The highest BCUT2D eigenvalue weighted by Crippen LogP contribution is 2.17. The Balaban J connectivity index is 1.53. The number of benzene rings is 3. The van der Waals surface area contributed by atoms with Crippen LogP contribution in [-0.2, 0) is 19.7 Å². The van der Waals surface area contributed by atoms with Gasteiger partial charge in [0.2, 0.25) is 0 Å². The minimum Gasteiger partial charge on any atom is -0.489 e. The fourth-order valence-electron chi connectivity index (χ4n) is 2.70. The lowest BCUT2D eigenvalue weighted by molar-refractivity contribution is 0.306. The highest BCUT2D eigenvalue weighted by molar-refractivity contribution is 6.31. The summed E-state index contributed by atoms with van der Waals surface area (Å²) < 4.78 is 5.92. The molecule has 0 bridgehead atoms. The molecule has 1 N–H and O–H groups in total. The van der Waals surface area contributed by atoms with Crippen molar-refractivity contribution in [1.82, 2.24) is 5.32 Å². The van der Waals surface area contributed by atoms with Gasteiger partial charge in [-0.3, -0.25) is 0 Å². The normalized spacial score (nSPS) is 10.6. The molecule has 0 atom stereocenters. The van der Waals surface area contributed by atoms with Gasteiger partial charge in [0.05, 0.1) is 0 Å². The fourth-order valence-corrected chi connectivity index (χ4v) is 2.90. The van der Waals surface area contributed by atoms with Crippen molar-refractivity contribution in [3.8, 4) is 5.75 Å². The van der Waals surface area contributed by atoms with E-state index in [0.29, 0.717) is 6.61 Å². The van der Waals surface area contributed by atoms with Crippen molar-refractivity contribution in [1.29, 1.82) is 0 Å². The maximum atomic E-state index is 6.18. The van der Waals surface area contributed by atoms with E-state index in [0.717, 1.165) is 29.4 Å². The Morgan fingerprint density at radius 1 is 0.840 bits per heavy atom. The van der Waals surface area contributed by atoms with E-state index < -0.39 is 0 Å². The van der Waals surface area contributed by atoms with Crippen LogP contribution in [0.5, 0.6) is 5.75 Å². The monoisotopic (exact) mass is 351 g/mol. The van der Waals surface area contributed by atoms with E-state index in [1.807, 2.05) is 36.4 Å². The van der Waals surface area contributed by atoms with E-state index in [1.54, 1.807) is 0 Å². The van der Waals surface area contributed by atoms with Gasteiger partial charge in [-0.25, -0.2) is 0 Å². The Labute approximate surface area is 154 Å². The zero-order valence-corrected chi connectivity index (χ0v) is 15.1. The predicted molar refractivity (Wildman–Crippen MR) is 104 cm³/mol. The average Bonchev–Trinajstić information content (AvgIpc) is 2.62. The molecule has 0 amide bonds. The third kappa shape index (κ3) is 5.35. The quantitative estimate of drug-likeness (QED) is 0.605. The Morgan fingerprint density at radius 3 is 2.48 bits per heavy atom. The van der Waals surface area contributed by atoms with Crippen LogP contribution in [0.3, 0.4) is 0 Å². The second-order valence-corrected chi connectivity index (χ2v) is 6.53. The first kappa shape index (κ1) is 17.5. The van der Waals surface area contributed by atoms with Crippen LogP contribution in [0.4, 0.5) is 0 Å². The first-order valence-corrected chi connectivity index (χ1v) is 8.80. The van der Waals surface area contributed by atoms with Gasteiger partial charge in [0.25, 0.3) is 0 Å². The number of hydrogen-bond acceptors (Lipinski definition) is 2. The Morgan fingerprint density at radius 2 is 1.64 bits per heavy atom. The van der Waals surface area contributed by atoms with Crippen molar-refractivity contribution in [2.45, 2.75) is 26.6 Å². The molecule has 25 heavy (non-hydrogen) atoms. The number of rotatable bonds is 7. The first-order chi connectivity index (χ1) is 12.2. The molecule has 0 aliphatic carbocycles. The highest BCUT2D eigenvalue weighted by atomic mass is 35.5. The molecule has 3 aromatic carbocycles. The van der Waals surface area contributed by atoms with E-state index in [9.17, 15) is 0 Å². The van der Waals surface area contributed by atoms with Crippen LogP contribution < -0.4 is 10.1 Å². The molecule has 0 fully saturated rings. The molecule has 3 heteroatoms. The number of hydrogen-bond donors (Lipinski definition) is 1. The maximum absolute atomic E-state index is 6.18. The van der Waals surface area contributed by atoms with Gasteiger partial charge in [0.15, 0.2) is 0 Å². The van der Waals surface area contributed by atoms with E-state index in [2.05, 4.69) is 48.6 Å². The molecule has 128 valence electrons. The summed E-state index contributed by atoms with van der Waals surface area (Å²) in [6, 6.07) is 24.5. The lowest BCUT2D eigenvalue weighted by Gasteiger charge is -2.10. The SMILES string of the molecule is Cc1cccc(COc2cccc(CNCc3ccccc3Cl)c2)c1. The van der Waals surface area contributed by atoms with Crippen LogP contribution in [0.15, 0.2) is 72.8 Å². The Bertz CT molecular complexity index is 832. The molecule has 2 nitrogen and oxygen atoms in total. The third-order valence-corrected chi connectivity index (χ3v) is 4.36. The second kappa shape index (κ2) is 8.70. The largest absolute Gasteiger partial charge is 0.489 e. The minimum absolute atomic E-state index is 0.582. The van der Waals surface area contributed by atoms with Crippen molar-refractivity contribution in [3.05, 3.63) is 100 Å². The number of aryl methyl sites for hydroxylation is 1. The standard InChI is InChI=1S/C22H22ClNO/c1-17-6-4-8-19(12-17)16-25-21-10-5-7-18(13-21)14-24-15-20-9-2-3-11-22(20)23/h2-13,24H,14-16H2,1H3. The molecule has 0 heterocycles. The summed E-state index contributed by atoms with van der Waals surface area (Å²) in [7, 11) is 0. The van der Waals surface area contributed by atoms with Gasteiger partial charge in [-0.05, 0) is 41.8 Å². The van der Waals surface area contributed by atoms with Crippen LogP contribution in [0.2, 0.25) is 5.02 Å². The first-order valence-electron chi connectivity index (χ1n) is 8.42. The molecule has 0 aliphatic heterocycles. The minimum atomic E-state index is 0.582. The lowest BCUT2D eigenvalue weighted by atomic mass is 10.1. The second-order valence-electron chi connectivity index (χ2n) is 6.12.